The summed E-state index contributed by atoms with van der Waals surface area (Å²) in [6.07, 6.45) is 0. The molecule has 1 aromatic heterocycles. The molecule has 0 bridgehead atoms. The maximum absolute atomic E-state index is 3.51. The Balaban J connectivity index is 1.83. The van der Waals surface area contributed by atoms with Crippen molar-refractivity contribution in [2.24, 2.45) is 0 Å². The van der Waals surface area contributed by atoms with Crippen LogP contribution in [0.3, 0.4) is 0 Å². The summed E-state index contributed by atoms with van der Waals surface area (Å²) in [5.74, 6) is 0. The fourth-order valence-corrected chi connectivity index (χ4v) is 3.51. The summed E-state index contributed by atoms with van der Waals surface area (Å²) in [7, 11) is 0. The quantitative estimate of drug-likeness (QED) is 0.636. The molecular weight excluding hydrogens is 353 g/mol. The van der Waals surface area contributed by atoms with Crippen molar-refractivity contribution in [2.75, 3.05) is 5.32 Å². The van der Waals surface area contributed by atoms with Crippen LogP contribution in [0.5, 0.6) is 0 Å². The number of anilines is 1. The number of para-hydroxylation sites is 1. The largest absolute Gasteiger partial charge is 0.380 e. The molecule has 0 saturated carbocycles. The van der Waals surface area contributed by atoms with Gasteiger partial charge in [-0.05, 0) is 57.1 Å². The monoisotopic (exact) mass is 365 g/mol. The highest BCUT2D eigenvalue weighted by molar-refractivity contribution is 14.1. The summed E-state index contributed by atoms with van der Waals surface area (Å²) in [6, 6.07) is 16.9. The van der Waals surface area contributed by atoms with Crippen LogP contribution in [0.1, 0.15) is 5.56 Å². The Bertz CT molecular complexity index is 675. The smallest absolute Gasteiger partial charge is 0.0478 e. The number of benzene rings is 2. The zero-order valence-corrected chi connectivity index (χ0v) is 12.7. The Morgan fingerprint density at radius 3 is 2.67 bits per heavy atom. The van der Waals surface area contributed by atoms with Crippen molar-refractivity contribution in [3.05, 3.63) is 63.0 Å². The highest BCUT2D eigenvalue weighted by Crippen LogP contribution is 2.26. The Morgan fingerprint density at radius 2 is 1.78 bits per heavy atom. The number of halogens is 1. The summed E-state index contributed by atoms with van der Waals surface area (Å²) in [5.41, 5.74) is 2.57. The number of hydrogen-bond acceptors (Lipinski definition) is 2. The molecule has 0 amide bonds. The van der Waals surface area contributed by atoms with Gasteiger partial charge in [-0.2, -0.15) is 0 Å². The molecule has 1 heterocycles. The normalized spacial score (nSPS) is 10.7. The maximum Gasteiger partial charge on any atom is 0.0478 e. The summed E-state index contributed by atoms with van der Waals surface area (Å²) in [6.45, 7) is 0.879. The SMILES string of the molecule is Ic1ccccc1NCc1csc2ccccc12. The fraction of sp³-hybridized carbons (Fsp3) is 0.0667. The van der Waals surface area contributed by atoms with Crippen molar-refractivity contribution in [2.45, 2.75) is 6.54 Å². The number of rotatable bonds is 3. The van der Waals surface area contributed by atoms with Gasteiger partial charge in [0.05, 0.1) is 0 Å². The van der Waals surface area contributed by atoms with Gasteiger partial charge in [-0.15, -0.1) is 11.3 Å². The van der Waals surface area contributed by atoms with Crippen LogP contribution in [0.25, 0.3) is 10.1 Å². The van der Waals surface area contributed by atoms with Crippen molar-refractivity contribution >= 4 is 49.7 Å². The molecule has 3 heteroatoms. The van der Waals surface area contributed by atoms with Crippen LogP contribution in [0.15, 0.2) is 53.9 Å². The van der Waals surface area contributed by atoms with Gasteiger partial charge in [0, 0.05) is 20.5 Å². The van der Waals surface area contributed by atoms with Gasteiger partial charge in [0.1, 0.15) is 0 Å². The third-order valence-corrected chi connectivity index (χ3v) is 4.86. The number of thiophene rings is 1. The Kier molecular flexibility index (Phi) is 3.52. The van der Waals surface area contributed by atoms with Gasteiger partial charge in [0.25, 0.3) is 0 Å². The molecule has 1 N–H and O–H groups in total. The standard InChI is InChI=1S/C15H12INS/c16-13-6-2-3-7-14(13)17-9-11-10-18-15-8-4-1-5-12(11)15/h1-8,10,17H,9H2. The summed E-state index contributed by atoms with van der Waals surface area (Å²) < 4.78 is 2.62. The van der Waals surface area contributed by atoms with E-state index in [1.807, 2.05) is 11.3 Å². The first-order valence-electron chi connectivity index (χ1n) is 5.78. The van der Waals surface area contributed by atoms with Crippen LogP contribution in [0.2, 0.25) is 0 Å². The summed E-state index contributed by atoms with van der Waals surface area (Å²) in [5, 5.41) is 7.11. The third-order valence-electron chi connectivity index (χ3n) is 2.90. The second kappa shape index (κ2) is 5.28. The van der Waals surface area contributed by atoms with Crippen molar-refractivity contribution in [3.8, 4) is 0 Å². The van der Waals surface area contributed by atoms with Gasteiger partial charge in [0.15, 0.2) is 0 Å². The Morgan fingerprint density at radius 1 is 1.00 bits per heavy atom. The van der Waals surface area contributed by atoms with Crippen LogP contribution in [0.4, 0.5) is 5.69 Å². The molecule has 0 fully saturated rings. The van der Waals surface area contributed by atoms with E-state index in [4.69, 9.17) is 0 Å². The lowest BCUT2D eigenvalue weighted by atomic mass is 10.2. The van der Waals surface area contributed by atoms with Gasteiger partial charge in [-0.25, -0.2) is 0 Å². The van der Waals surface area contributed by atoms with E-state index in [-0.39, 0.29) is 0 Å². The number of fused-ring (bicyclic) bond motifs is 1. The molecule has 0 saturated heterocycles. The van der Waals surface area contributed by atoms with Crippen LogP contribution >= 0.6 is 33.9 Å². The summed E-state index contributed by atoms with van der Waals surface area (Å²) in [4.78, 5) is 0. The third kappa shape index (κ3) is 2.37. The molecule has 0 spiro atoms. The van der Waals surface area contributed by atoms with Crippen LogP contribution in [-0.2, 0) is 6.54 Å². The minimum atomic E-state index is 0.879. The maximum atomic E-state index is 3.51. The molecule has 2 aromatic carbocycles. The minimum Gasteiger partial charge on any atom is -0.380 e. The van der Waals surface area contributed by atoms with Gasteiger partial charge >= 0.3 is 0 Å². The molecule has 3 aromatic rings. The van der Waals surface area contributed by atoms with E-state index in [1.165, 1.54) is 24.9 Å². The van der Waals surface area contributed by atoms with E-state index in [9.17, 15) is 0 Å². The molecule has 0 aliphatic carbocycles. The fourth-order valence-electron chi connectivity index (χ4n) is 1.96. The predicted molar refractivity (Wildman–Crippen MR) is 88.3 cm³/mol. The van der Waals surface area contributed by atoms with Gasteiger partial charge in [0.2, 0.25) is 0 Å². The topological polar surface area (TPSA) is 12.0 Å². The number of nitrogens with one attached hydrogen (secondary N) is 1. The van der Waals surface area contributed by atoms with Crippen molar-refractivity contribution in [3.63, 3.8) is 0 Å². The van der Waals surface area contributed by atoms with E-state index in [2.05, 4.69) is 81.8 Å². The molecule has 0 atom stereocenters. The van der Waals surface area contributed by atoms with Gasteiger partial charge in [-0.1, -0.05) is 30.3 Å². The Hall–Kier alpha value is -1.07. The molecule has 0 aliphatic heterocycles. The molecule has 0 unspecified atom stereocenters. The lowest BCUT2D eigenvalue weighted by Gasteiger charge is -2.07. The van der Waals surface area contributed by atoms with E-state index in [0.717, 1.165) is 6.54 Å². The molecule has 0 radical (unpaired) electrons. The molecule has 0 aliphatic rings. The second-order valence-electron chi connectivity index (χ2n) is 4.09. The first-order chi connectivity index (χ1) is 8.84. The average Bonchev–Trinajstić information content (AvgIpc) is 2.81. The lowest BCUT2D eigenvalue weighted by Crippen LogP contribution is -1.99. The number of hydrogen-bond donors (Lipinski definition) is 1. The van der Waals surface area contributed by atoms with E-state index < -0.39 is 0 Å². The molecule has 90 valence electrons. The molecular formula is C15H12INS. The van der Waals surface area contributed by atoms with Crippen molar-refractivity contribution in [1.82, 2.24) is 0 Å². The van der Waals surface area contributed by atoms with Crippen molar-refractivity contribution < 1.29 is 0 Å². The van der Waals surface area contributed by atoms with E-state index >= 15 is 0 Å². The highest BCUT2D eigenvalue weighted by Gasteiger charge is 2.03. The van der Waals surface area contributed by atoms with Gasteiger partial charge in [-0.3, -0.25) is 0 Å². The molecule has 1 nitrogen and oxygen atoms in total. The first-order valence-corrected chi connectivity index (χ1v) is 7.74. The zero-order chi connectivity index (χ0) is 12.4. The first kappa shape index (κ1) is 12.0. The second-order valence-corrected chi connectivity index (χ2v) is 6.16. The van der Waals surface area contributed by atoms with E-state index in [1.54, 1.807) is 0 Å². The predicted octanol–water partition coefficient (Wildman–Crippen LogP) is 5.12. The minimum absolute atomic E-state index is 0.879. The van der Waals surface area contributed by atoms with Crippen LogP contribution < -0.4 is 5.32 Å². The van der Waals surface area contributed by atoms with Crippen LogP contribution in [0, 0.1) is 3.57 Å². The lowest BCUT2D eigenvalue weighted by molar-refractivity contribution is 1.17. The highest BCUT2D eigenvalue weighted by atomic mass is 127. The summed E-state index contributed by atoms with van der Waals surface area (Å²) >= 11 is 4.17. The van der Waals surface area contributed by atoms with Crippen LogP contribution in [-0.4, -0.2) is 0 Å². The molecule has 3 rings (SSSR count). The average molecular weight is 365 g/mol. The van der Waals surface area contributed by atoms with E-state index in [0.29, 0.717) is 0 Å². The van der Waals surface area contributed by atoms with Gasteiger partial charge < -0.3 is 5.32 Å². The molecule has 18 heavy (non-hydrogen) atoms. The zero-order valence-electron chi connectivity index (χ0n) is 9.69. The Labute approximate surface area is 124 Å². The van der Waals surface area contributed by atoms with Crippen molar-refractivity contribution in [1.29, 1.82) is 0 Å².